The molecule has 31 heavy (non-hydrogen) atoms. The van der Waals surface area contributed by atoms with E-state index < -0.39 is 6.23 Å². The highest BCUT2D eigenvalue weighted by atomic mass is 35.5. The summed E-state index contributed by atoms with van der Waals surface area (Å²) in [5.41, 5.74) is 0.793. The van der Waals surface area contributed by atoms with Gasteiger partial charge in [-0.2, -0.15) is 4.68 Å². The van der Waals surface area contributed by atoms with Crippen molar-refractivity contribution in [1.29, 1.82) is 0 Å². The lowest BCUT2D eigenvalue weighted by Gasteiger charge is -2.31. The molecule has 1 atom stereocenters. The molecule has 1 aliphatic rings. The van der Waals surface area contributed by atoms with Crippen LogP contribution in [0.3, 0.4) is 0 Å². The second-order valence-electron chi connectivity index (χ2n) is 7.13. The zero-order chi connectivity index (χ0) is 21.0. The molecule has 3 aromatic heterocycles. The fourth-order valence-corrected chi connectivity index (χ4v) is 4.75. The number of hydrogen-bond acceptors (Lipinski definition) is 9. The first kappa shape index (κ1) is 19.8. The second kappa shape index (κ2) is 8.94. The maximum atomic E-state index is 6.16. The molecule has 0 radical (unpaired) electrons. The van der Waals surface area contributed by atoms with Crippen molar-refractivity contribution in [2.75, 3.05) is 18.0 Å². The van der Waals surface area contributed by atoms with E-state index in [2.05, 4.69) is 30.4 Å². The van der Waals surface area contributed by atoms with Crippen LogP contribution >= 0.6 is 22.9 Å². The van der Waals surface area contributed by atoms with Crippen molar-refractivity contribution in [1.82, 2.24) is 35.2 Å². The zero-order valence-electron chi connectivity index (χ0n) is 16.5. The molecule has 9 nitrogen and oxygen atoms in total. The Hall–Kier alpha value is -3.11. The van der Waals surface area contributed by atoms with Crippen LogP contribution < -0.4 is 9.64 Å². The Morgan fingerprint density at radius 1 is 1.10 bits per heavy atom. The highest BCUT2D eigenvalue weighted by Crippen LogP contribution is 2.34. The normalized spacial score (nSPS) is 15.7. The van der Waals surface area contributed by atoms with Crippen molar-refractivity contribution >= 4 is 28.8 Å². The average Bonchev–Trinajstić information content (AvgIpc) is 3.51. The zero-order valence-corrected chi connectivity index (χ0v) is 18.0. The monoisotopic (exact) mass is 454 g/mol. The lowest BCUT2D eigenvalue weighted by molar-refractivity contribution is 0.152. The Bertz CT molecular complexity index is 1120. The molecule has 0 bridgehead atoms. The minimum absolute atomic E-state index is 0.274. The summed E-state index contributed by atoms with van der Waals surface area (Å²) in [6, 6.07) is 11.5. The fourth-order valence-electron chi connectivity index (χ4n) is 3.61. The van der Waals surface area contributed by atoms with E-state index in [4.69, 9.17) is 21.3 Å². The van der Waals surface area contributed by atoms with Crippen molar-refractivity contribution in [2.24, 2.45) is 0 Å². The summed E-state index contributed by atoms with van der Waals surface area (Å²) >= 11 is 7.59. The van der Waals surface area contributed by atoms with Gasteiger partial charge in [0.1, 0.15) is 23.6 Å². The number of piperidine rings is 1. The topological polar surface area (TPSA) is 94.7 Å². The summed E-state index contributed by atoms with van der Waals surface area (Å²) in [6.07, 6.45) is 4.69. The molecule has 0 spiro atoms. The second-order valence-corrected chi connectivity index (χ2v) is 8.36. The van der Waals surface area contributed by atoms with Gasteiger partial charge in [-0.25, -0.2) is 15.0 Å². The lowest BCUT2D eigenvalue weighted by Crippen LogP contribution is -2.33. The van der Waals surface area contributed by atoms with E-state index >= 15 is 0 Å². The van der Waals surface area contributed by atoms with Gasteiger partial charge in [-0.05, 0) is 53.1 Å². The predicted molar refractivity (Wildman–Crippen MR) is 116 cm³/mol. The summed E-state index contributed by atoms with van der Waals surface area (Å²) in [6.45, 7) is 1.79. The van der Waals surface area contributed by atoms with Crippen molar-refractivity contribution in [3.05, 3.63) is 70.3 Å². The molecule has 1 saturated heterocycles. The molecular formula is C20H19ClN8OS. The van der Waals surface area contributed by atoms with Crippen LogP contribution in [0.4, 0.5) is 5.82 Å². The van der Waals surface area contributed by atoms with Gasteiger partial charge in [-0.3, -0.25) is 0 Å². The molecule has 1 unspecified atom stereocenters. The van der Waals surface area contributed by atoms with Crippen LogP contribution in [0.5, 0.6) is 5.75 Å². The number of hydrogen-bond donors (Lipinski definition) is 0. The van der Waals surface area contributed by atoms with E-state index in [-0.39, 0.29) is 5.28 Å². The summed E-state index contributed by atoms with van der Waals surface area (Å²) in [5, 5.41) is 14.9. The van der Waals surface area contributed by atoms with Crippen LogP contribution in [0.2, 0.25) is 5.28 Å². The minimum atomic E-state index is -0.523. The van der Waals surface area contributed by atoms with Crippen molar-refractivity contribution < 1.29 is 4.74 Å². The Balaban J connectivity index is 1.30. The fraction of sp³-hybridized carbons (Fsp3) is 0.300. The number of thiazole rings is 1. The van der Waals surface area contributed by atoms with E-state index in [0.717, 1.165) is 48.2 Å². The Labute approximate surface area is 187 Å². The van der Waals surface area contributed by atoms with E-state index in [1.54, 1.807) is 22.2 Å². The van der Waals surface area contributed by atoms with Gasteiger partial charge >= 0.3 is 0 Å². The van der Waals surface area contributed by atoms with Crippen LogP contribution in [-0.2, 0) is 0 Å². The highest BCUT2D eigenvalue weighted by Gasteiger charge is 2.27. The molecule has 0 N–H and O–H groups in total. The van der Waals surface area contributed by atoms with Gasteiger partial charge in [0.2, 0.25) is 11.5 Å². The number of halogens is 1. The number of anilines is 1. The summed E-state index contributed by atoms with van der Waals surface area (Å²) in [4.78, 5) is 15.4. The smallest absolute Gasteiger partial charge is 0.238 e. The van der Waals surface area contributed by atoms with Gasteiger partial charge in [0, 0.05) is 30.6 Å². The average molecular weight is 455 g/mol. The van der Waals surface area contributed by atoms with Crippen LogP contribution in [0.15, 0.2) is 54.3 Å². The van der Waals surface area contributed by atoms with E-state index in [9.17, 15) is 0 Å². The first-order valence-electron chi connectivity index (χ1n) is 9.89. The number of rotatable bonds is 6. The molecule has 11 heteroatoms. The third-order valence-electron chi connectivity index (χ3n) is 5.17. The number of aromatic nitrogens is 7. The van der Waals surface area contributed by atoms with Gasteiger partial charge in [0.25, 0.3) is 0 Å². The number of ether oxygens (including phenoxy) is 1. The molecule has 158 valence electrons. The minimum Gasteiger partial charge on any atom is -0.463 e. The molecule has 4 heterocycles. The number of para-hydroxylation sites is 1. The lowest BCUT2D eigenvalue weighted by atomic mass is 9.97. The van der Waals surface area contributed by atoms with E-state index in [1.165, 1.54) is 6.33 Å². The standard InChI is InChI=1S/C20H19ClN8OS/c21-20-22-9-6-17(25-20)28-10-7-14(8-11-28)18-24-16(12-31-18)19(29-13-23-26-27-29)30-15-4-2-1-3-5-15/h1-6,9,12-14,19H,7-8,10-11H2. The maximum Gasteiger partial charge on any atom is 0.238 e. The molecule has 1 aromatic carbocycles. The van der Waals surface area contributed by atoms with E-state index in [1.807, 2.05) is 41.8 Å². The van der Waals surface area contributed by atoms with Gasteiger partial charge in [-0.1, -0.05) is 18.2 Å². The van der Waals surface area contributed by atoms with Gasteiger partial charge in [0.05, 0.1) is 5.01 Å². The van der Waals surface area contributed by atoms with Crippen LogP contribution in [0.1, 0.15) is 35.7 Å². The highest BCUT2D eigenvalue weighted by molar-refractivity contribution is 7.09. The number of nitrogens with zero attached hydrogens (tertiary/aromatic N) is 8. The largest absolute Gasteiger partial charge is 0.463 e. The van der Waals surface area contributed by atoms with Gasteiger partial charge in [-0.15, -0.1) is 16.4 Å². The van der Waals surface area contributed by atoms with Crippen molar-refractivity contribution in [2.45, 2.75) is 25.0 Å². The summed E-state index contributed by atoms with van der Waals surface area (Å²) in [5.74, 6) is 1.99. The molecule has 1 fully saturated rings. The van der Waals surface area contributed by atoms with Crippen molar-refractivity contribution in [3.63, 3.8) is 0 Å². The van der Waals surface area contributed by atoms with Crippen LogP contribution in [0.25, 0.3) is 0 Å². The Morgan fingerprint density at radius 2 is 1.94 bits per heavy atom. The predicted octanol–water partition coefficient (Wildman–Crippen LogP) is 3.58. The Morgan fingerprint density at radius 3 is 2.68 bits per heavy atom. The Kier molecular flexibility index (Phi) is 5.72. The third-order valence-corrected chi connectivity index (χ3v) is 6.38. The first-order chi connectivity index (χ1) is 15.3. The van der Waals surface area contributed by atoms with Crippen LogP contribution in [-0.4, -0.2) is 48.2 Å². The molecule has 4 aromatic rings. The number of benzene rings is 1. The summed E-state index contributed by atoms with van der Waals surface area (Å²) in [7, 11) is 0. The summed E-state index contributed by atoms with van der Waals surface area (Å²) < 4.78 is 7.74. The molecule has 0 aliphatic carbocycles. The SMILES string of the molecule is Clc1nccc(N2CCC(c3nc(C(Oc4ccccc4)n4cnnn4)cs3)CC2)n1. The first-order valence-corrected chi connectivity index (χ1v) is 11.1. The third kappa shape index (κ3) is 4.49. The van der Waals surface area contributed by atoms with Gasteiger partial charge in [0.15, 0.2) is 0 Å². The van der Waals surface area contributed by atoms with Gasteiger partial charge < -0.3 is 9.64 Å². The van der Waals surface area contributed by atoms with E-state index in [0.29, 0.717) is 5.92 Å². The molecular weight excluding hydrogens is 436 g/mol. The van der Waals surface area contributed by atoms with Crippen LogP contribution in [0, 0.1) is 0 Å². The molecule has 5 rings (SSSR count). The molecule has 0 saturated carbocycles. The molecule has 0 amide bonds. The maximum absolute atomic E-state index is 6.16. The number of tetrazole rings is 1. The molecule has 1 aliphatic heterocycles. The van der Waals surface area contributed by atoms with Crippen molar-refractivity contribution in [3.8, 4) is 5.75 Å². The quantitative estimate of drug-likeness (QED) is 0.408.